The molecule has 0 amide bonds. The van der Waals surface area contributed by atoms with E-state index in [1.54, 1.807) is 0 Å². The number of nitrogens with zero attached hydrogens (tertiary/aromatic N) is 4. The molecule has 100 heavy (non-hydrogen) atoms. The number of hydrogen-bond acceptors (Lipinski definition) is 12. The third kappa shape index (κ3) is 8.88. The molecular formula is C88H62N4S8. The van der Waals surface area contributed by atoms with E-state index in [9.17, 15) is 0 Å². The lowest BCUT2D eigenvalue weighted by molar-refractivity contribution is 1.23. The zero-order valence-corrected chi connectivity index (χ0v) is 62.5. The molecule has 8 aromatic heterocycles. The lowest BCUT2D eigenvalue weighted by Gasteiger charge is -2.36. The van der Waals surface area contributed by atoms with Crippen LogP contribution in [0.4, 0.5) is 68.2 Å². The summed E-state index contributed by atoms with van der Waals surface area (Å²) >= 11 is 14.5. The SMILES string of the molecule is Cc1c(N(c2ccc3sccc3c2C)c2cc(N(c3ccc4sccc4c3C)c3ccc4sccc4c3C)c3ccc4c(N(c5ccc6sccc6c5C)c5ccc6sccc6c5C)cc(N(c5ccc6sccc6c5C)c5ccc6sccc6c5C)c5ccc2c3c54)ccc2sccc12. The van der Waals surface area contributed by atoms with Crippen molar-refractivity contribution in [1.82, 2.24) is 0 Å². The van der Waals surface area contributed by atoms with Gasteiger partial charge in [0.05, 0.1) is 22.7 Å². The Kier molecular flexibility index (Phi) is 13.9. The van der Waals surface area contributed by atoms with E-state index in [2.05, 4.69) is 300 Å². The van der Waals surface area contributed by atoms with Crippen LogP contribution in [-0.4, -0.2) is 0 Å². The molecule has 0 aliphatic rings. The number of hydrogen-bond donors (Lipinski definition) is 0. The van der Waals surface area contributed by atoms with E-state index in [-0.39, 0.29) is 0 Å². The molecule has 0 unspecified atom stereocenters. The number of anilines is 12. The van der Waals surface area contributed by atoms with Crippen molar-refractivity contribution in [3.05, 3.63) is 270 Å². The summed E-state index contributed by atoms with van der Waals surface area (Å²) in [7, 11) is 0. The first-order chi connectivity index (χ1) is 48.9. The van der Waals surface area contributed by atoms with Crippen LogP contribution in [0.15, 0.2) is 225 Å². The fourth-order valence-electron chi connectivity index (χ4n) is 16.6. The average molecular weight is 1430 g/mol. The number of rotatable bonds is 12. The van der Waals surface area contributed by atoms with E-state index in [1.165, 1.54) is 158 Å². The minimum atomic E-state index is 1.11. The Hall–Kier alpha value is -9.44. The van der Waals surface area contributed by atoms with Crippen LogP contribution in [0.25, 0.3) is 113 Å². The van der Waals surface area contributed by atoms with Gasteiger partial charge < -0.3 is 19.6 Å². The van der Waals surface area contributed by atoms with Crippen molar-refractivity contribution in [1.29, 1.82) is 0 Å². The summed E-state index contributed by atoms with van der Waals surface area (Å²) in [6.45, 7) is 18.7. The quantitative estimate of drug-likeness (QED) is 0.113. The Balaban J connectivity index is 1.01. The molecule has 0 saturated carbocycles. The standard InChI is InChI=1S/C88H62N4S8/c1-47-55-29-37-93-79(55)21-13-67(47)89(68-14-22-80-56(48(68)2)30-38-94-80)75-45-76(90(69-15-23-81-57(49(69)3)31-39-95-81)70-16-24-82-58(50(70)4)32-40-96-82)64-11-12-66-78(92(73-19-27-85-61(53(73)7)35-43-99-85)74-20-28-86-62(54(74)8)36-44-100-86)46-77(65-10-9-63(75)87(64)88(65)66)91(71-17-25-83-59(51(71)5)33-41-97-83)72-18-26-84-60(52(72)6)34-42-98-84/h9-46H,1-8H3. The lowest BCUT2D eigenvalue weighted by Crippen LogP contribution is -2.18. The summed E-state index contributed by atoms with van der Waals surface area (Å²) in [5.74, 6) is 0. The van der Waals surface area contributed by atoms with Crippen molar-refractivity contribution in [2.24, 2.45) is 0 Å². The lowest BCUT2D eigenvalue weighted by atomic mass is 9.88. The predicted octanol–water partition coefficient (Wildman–Crippen LogP) is 30.6. The zero-order chi connectivity index (χ0) is 67.1. The second kappa shape index (κ2) is 23.1. The zero-order valence-electron chi connectivity index (χ0n) is 56.0. The highest BCUT2D eigenvalue weighted by Crippen LogP contribution is 2.59. The van der Waals surface area contributed by atoms with Gasteiger partial charge in [-0.2, -0.15) is 0 Å². The van der Waals surface area contributed by atoms with Gasteiger partial charge in [-0.25, -0.2) is 0 Å². The molecule has 0 saturated heterocycles. The maximum Gasteiger partial charge on any atom is 0.0561 e. The number of benzene rings is 12. The molecule has 20 rings (SSSR count). The Morgan fingerprint density at radius 3 is 0.460 bits per heavy atom. The molecule has 12 heteroatoms. The van der Waals surface area contributed by atoms with Crippen molar-refractivity contribution >= 4 is 272 Å². The van der Waals surface area contributed by atoms with E-state index in [0.29, 0.717) is 0 Å². The van der Waals surface area contributed by atoms with Gasteiger partial charge in [-0.15, -0.1) is 90.7 Å². The van der Waals surface area contributed by atoms with Crippen molar-refractivity contribution in [3.8, 4) is 0 Å². The summed E-state index contributed by atoms with van der Waals surface area (Å²) in [5, 5.41) is 35.3. The van der Waals surface area contributed by atoms with E-state index in [4.69, 9.17) is 0 Å². The Labute approximate surface area is 610 Å². The van der Waals surface area contributed by atoms with E-state index in [1.807, 2.05) is 90.7 Å². The molecule has 0 fully saturated rings. The molecule has 0 aliphatic heterocycles. The minimum Gasteiger partial charge on any atom is -0.309 e. The molecule has 0 atom stereocenters. The molecule has 0 aliphatic carbocycles. The second-order valence-corrected chi connectivity index (χ2v) is 34.2. The van der Waals surface area contributed by atoms with Crippen LogP contribution in [0.1, 0.15) is 44.5 Å². The van der Waals surface area contributed by atoms with Gasteiger partial charge in [0.2, 0.25) is 0 Å². The normalized spacial score (nSPS) is 12.2. The number of fused-ring (bicyclic) bond motifs is 8. The van der Waals surface area contributed by atoms with Crippen LogP contribution < -0.4 is 19.6 Å². The van der Waals surface area contributed by atoms with Crippen molar-refractivity contribution in [3.63, 3.8) is 0 Å². The molecule has 0 spiro atoms. The van der Waals surface area contributed by atoms with Crippen LogP contribution in [0.2, 0.25) is 0 Å². The monoisotopic (exact) mass is 1430 g/mol. The Morgan fingerprint density at radius 1 is 0.160 bits per heavy atom. The molecule has 0 radical (unpaired) electrons. The van der Waals surface area contributed by atoms with Gasteiger partial charge in [0.1, 0.15) is 0 Å². The molecular weight excluding hydrogens is 1370 g/mol. The van der Waals surface area contributed by atoms with Gasteiger partial charge in [0.15, 0.2) is 0 Å². The molecule has 4 nitrogen and oxygen atoms in total. The molecule has 8 heterocycles. The van der Waals surface area contributed by atoms with Crippen LogP contribution in [0.5, 0.6) is 0 Å². The summed E-state index contributed by atoms with van der Waals surface area (Å²) in [4.78, 5) is 10.6. The maximum absolute atomic E-state index is 2.65. The first-order valence-electron chi connectivity index (χ1n) is 33.7. The molecule has 482 valence electrons. The third-order valence-electron chi connectivity index (χ3n) is 21.7. The highest BCUT2D eigenvalue weighted by molar-refractivity contribution is 7.19. The highest BCUT2D eigenvalue weighted by atomic mass is 32.1. The van der Waals surface area contributed by atoms with Gasteiger partial charge >= 0.3 is 0 Å². The minimum absolute atomic E-state index is 1.11. The van der Waals surface area contributed by atoms with Crippen molar-refractivity contribution < 1.29 is 0 Å². The van der Waals surface area contributed by atoms with Gasteiger partial charge in [-0.1, -0.05) is 24.3 Å². The predicted molar refractivity (Wildman–Crippen MR) is 450 cm³/mol. The van der Waals surface area contributed by atoms with Crippen LogP contribution in [0, 0.1) is 55.4 Å². The third-order valence-corrected chi connectivity index (χ3v) is 28.8. The summed E-state index contributed by atoms with van der Waals surface area (Å²) in [5.41, 5.74) is 23.6. The van der Waals surface area contributed by atoms with Crippen LogP contribution >= 0.6 is 90.7 Å². The molecule has 0 bridgehead atoms. The molecule has 0 N–H and O–H groups in total. The van der Waals surface area contributed by atoms with E-state index < -0.39 is 0 Å². The average Bonchev–Trinajstić information content (AvgIpc) is 0.927. The molecule has 12 aromatic carbocycles. The summed E-state index contributed by atoms with van der Waals surface area (Å²) < 4.78 is 10.3. The van der Waals surface area contributed by atoms with Crippen LogP contribution in [-0.2, 0) is 0 Å². The highest BCUT2D eigenvalue weighted by Gasteiger charge is 2.33. The van der Waals surface area contributed by atoms with Gasteiger partial charge in [-0.05, 0) is 344 Å². The van der Waals surface area contributed by atoms with Crippen LogP contribution in [0.3, 0.4) is 0 Å². The summed E-state index contributed by atoms with van der Waals surface area (Å²) in [6.07, 6.45) is 0. The Morgan fingerprint density at radius 2 is 0.310 bits per heavy atom. The fraction of sp³-hybridized carbons (Fsp3) is 0.0909. The largest absolute Gasteiger partial charge is 0.309 e. The number of thiophene rings is 8. The topological polar surface area (TPSA) is 13.0 Å². The smallest absolute Gasteiger partial charge is 0.0561 e. The van der Waals surface area contributed by atoms with Gasteiger partial charge in [0, 0.05) is 115 Å². The Bertz CT molecular complexity index is 5650. The maximum atomic E-state index is 2.65. The number of aryl methyl sites for hydroxylation is 8. The van der Waals surface area contributed by atoms with E-state index >= 15 is 0 Å². The van der Waals surface area contributed by atoms with Crippen molar-refractivity contribution in [2.75, 3.05) is 19.6 Å². The van der Waals surface area contributed by atoms with E-state index in [0.717, 1.165) is 68.2 Å². The van der Waals surface area contributed by atoms with Crippen molar-refractivity contribution in [2.45, 2.75) is 55.4 Å². The first kappa shape index (κ1) is 60.5. The fourth-order valence-corrected chi connectivity index (χ4v) is 23.3. The second-order valence-electron chi connectivity index (χ2n) is 26.6. The first-order valence-corrected chi connectivity index (χ1v) is 40.7. The van der Waals surface area contributed by atoms with Gasteiger partial charge in [-0.3, -0.25) is 0 Å². The summed E-state index contributed by atoms with van der Waals surface area (Å²) in [6, 6.07) is 71.7. The molecule has 20 aromatic rings. The van der Waals surface area contributed by atoms with Gasteiger partial charge in [0.25, 0.3) is 0 Å².